The molecule has 5 rings (SSSR count). The van der Waals surface area contributed by atoms with Crippen molar-refractivity contribution in [2.45, 2.75) is 29.9 Å². The minimum atomic E-state index is -0.361. The number of fused-ring (bicyclic) bond motifs is 2. The summed E-state index contributed by atoms with van der Waals surface area (Å²) in [6, 6.07) is 27.0. The van der Waals surface area contributed by atoms with Crippen molar-refractivity contribution < 1.29 is 19.1 Å². The lowest BCUT2D eigenvalue weighted by Gasteiger charge is -2.19. The normalized spacial score (nSPS) is 20.1. The van der Waals surface area contributed by atoms with Crippen LogP contribution in [0.2, 0.25) is 0 Å². The van der Waals surface area contributed by atoms with Crippen LogP contribution >= 0.6 is 11.8 Å². The molecule has 4 aromatic carbocycles. The van der Waals surface area contributed by atoms with E-state index in [9.17, 15) is 9.59 Å². The summed E-state index contributed by atoms with van der Waals surface area (Å²) in [5, 5.41) is 4.39. The lowest BCUT2D eigenvalue weighted by Crippen LogP contribution is -2.29. The first-order chi connectivity index (χ1) is 16.1. The van der Waals surface area contributed by atoms with E-state index in [1.54, 1.807) is 23.9 Å². The second-order valence-electron chi connectivity index (χ2n) is 8.39. The smallest absolute Gasteiger partial charge is 0.338 e. The van der Waals surface area contributed by atoms with Gasteiger partial charge in [-0.05, 0) is 52.2 Å². The Labute approximate surface area is 196 Å². The van der Waals surface area contributed by atoms with E-state index in [1.807, 2.05) is 72.8 Å². The number of ether oxygens (including phenoxy) is 2. The third-order valence-corrected chi connectivity index (χ3v) is 7.44. The summed E-state index contributed by atoms with van der Waals surface area (Å²) in [5.41, 5.74) is 1.06. The van der Waals surface area contributed by atoms with Gasteiger partial charge in [0.2, 0.25) is 0 Å². The van der Waals surface area contributed by atoms with Crippen molar-refractivity contribution in [3.63, 3.8) is 0 Å². The fourth-order valence-corrected chi connectivity index (χ4v) is 5.66. The Hall–Kier alpha value is -3.31. The summed E-state index contributed by atoms with van der Waals surface area (Å²) < 4.78 is 11.5. The summed E-state index contributed by atoms with van der Waals surface area (Å²) in [4.78, 5) is 25.5. The molecule has 4 aromatic rings. The zero-order valence-electron chi connectivity index (χ0n) is 18.3. The SMILES string of the molecule is CC1C[C@@H](OC(=O)c2ccc3ccccc3c2)C(COC(=O)c2ccc3ccccc3c2)S1. The summed E-state index contributed by atoms with van der Waals surface area (Å²) >= 11 is 1.70. The lowest BCUT2D eigenvalue weighted by atomic mass is 10.1. The molecule has 1 aliphatic heterocycles. The molecule has 1 heterocycles. The van der Waals surface area contributed by atoms with Gasteiger partial charge < -0.3 is 9.47 Å². The molecule has 1 aliphatic rings. The molecule has 1 fully saturated rings. The molecule has 4 nitrogen and oxygen atoms in total. The lowest BCUT2D eigenvalue weighted by molar-refractivity contribution is 0.0214. The van der Waals surface area contributed by atoms with Gasteiger partial charge in [-0.1, -0.05) is 67.6 Å². The monoisotopic (exact) mass is 456 g/mol. The predicted molar refractivity (Wildman–Crippen MR) is 133 cm³/mol. The highest BCUT2D eigenvalue weighted by molar-refractivity contribution is 8.00. The largest absolute Gasteiger partial charge is 0.461 e. The van der Waals surface area contributed by atoms with Crippen LogP contribution in [0.15, 0.2) is 84.9 Å². The molecule has 5 heteroatoms. The zero-order valence-corrected chi connectivity index (χ0v) is 19.1. The van der Waals surface area contributed by atoms with Gasteiger partial charge in [-0.3, -0.25) is 0 Å². The van der Waals surface area contributed by atoms with Gasteiger partial charge in [0.1, 0.15) is 12.7 Å². The van der Waals surface area contributed by atoms with E-state index in [0.29, 0.717) is 16.4 Å². The maximum Gasteiger partial charge on any atom is 0.338 e. The number of hydrogen-bond donors (Lipinski definition) is 0. The van der Waals surface area contributed by atoms with Gasteiger partial charge >= 0.3 is 11.9 Å². The highest BCUT2D eigenvalue weighted by Crippen LogP contribution is 2.36. The number of carbonyl (C=O) groups excluding carboxylic acids is 2. The van der Waals surface area contributed by atoms with Crippen LogP contribution in [-0.4, -0.2) is 35.1 Å². The summed E-state index contributed by atoms with van der Waals surface area (Å²) in [6.07, 6.45) is 0.440. The molecule has 0 bridgehead atoms. The molecule has 0 spiro atoms. The number of thioether (sulfide) groups is 1. The van der Waals surface area contributed by atoms with Crippen molar-refractivity contribution in [1.82, 2.24) is 0 Å². The van der Waals surface area contributed by atoms with Crippen LogP contribution in [-0.2, 0) is 9.47 Å². The third-order valence-electron chi connectivity index (χ3n) is 5.99. The van der Waals surface area contributed by atoms with Crippen molar-refractivity contribution in [2.24, 2.45) is 0 Å². The fraction of sp³-hybridized carbons (Fsp3) is 0.214. The van der Waals surface area contributed by atoms with E-state index >= 15 is 0 Å². The second kappa shape index (κ2) is 9.28. The van der Waals surface area contributed by atoms with E-state index in [-0.39, 0.29) is 29.9 Å². The molecule has 0 radical (unpaired) electrons. The molecular weight excluding hydrogens is 432 g/mol. The van der Waals surface area contributed by atoms with Gasteiger partial charge in [-0.25, -0.2) is 9.59 Å². The maximum atomic E-state index is 12.8. The van der Waals surface area contributed by atoms with Crippen molar-refractivity contribution in [3.8, 4) is 0 Å². The number of rotatable bonds is 5. The first kappa shape index (κ1) is 21.5. The minimum absolute atomic E-state index is 0.0891. The first-order valence-corrected chi connectivity index (χ1v) is 12.0. The molecule has 0 amide bonds. The van der Waals surface area contributed by atoms with Gasteiger partial charge in [0.05, 0.1) is 16.4 Å². The Morgan fingerprint density at radius 1 is 0.788 bits per heavy atom. The zero-order chi connectivity index (χ0) is 22.8. The molecular formula is C28H24O4S. The minimum Gasteiger partial charge on any atom is -0.461 e. The molecule has 3 atom stereocenters. The van der Waals surface area contributed by atoms with Crippen LogP contribution in [0.5, 0.6) is 0 Å². The fourth-order valence-electron chi connectivity index (χ4n) is 4.27. The van der Waals surface area contributed by atoms with Crippen LogP contribution in [0.1, 0.15) is 34.1 Å². The Balaban J connectivity index is 1.24. The van der Waals surface area contributed by atoms with Crippen molar-refractivity contribution >= 4 is 45.2 Å². The second-order valence-corrected chi connectivity index (χ2v) is 10.1. The van der Waals surface area contributed by atoms with Crippen LogP contribution in [0, 0.1) is 0 Å². The summed E-state index contributed by atoms with van der Waals surface area (Å²) in [7, 11) is 0. The van der Waals surface area contributed by atoms with Crippen molar-refractivity contribution in [2.75, 3.05) is 6.61 Å². The molecule has 0 aromatic heterocycles. The first-order valence-electron chi connectivity index (χ1n) is 11.1. The Morgan fingerprint density at radius 2 is 1.33 bits per heavy atom. The standard InChI is InChI=1S/C28H24O4S/c1-18-14-25(32-28(30)24-13-11-20-7-3-5-9-22(20)16-24)26(33-18)17-31-27(29)23-12-10-19-6-2-4-8-21(19)15-23/h2-13,15-16,18,25-26H,14,17H2,1H3/t18?,25-,26?/m1/s1. The van der Waals surface area contributed by atoms with E-state index in [1.165, 1.54) is 0 Å². The molecule has 0 N–H and O–H groups in total. The summed E-state index contributed by atoms with van der Waals surface area (Å²) in [5.74, 6) is -0.702. The molecule has 33 heavy (non-hydrogen) atoms. The van der Waals surface area contributed by atoms with Gasteiger partial charge in [0, 0.05) is 5.25 Å². The van der Waals surface area contributed by atoms with Crippen molar-refractivity contribution in [3.05, 3.63) is 96.1 Å². The Bertz CT molecular complexity index is 1330. The van der Waals surface area contributed by atoms with E-state index in [4.69, 9.17) is 9.47 Å². The number of benzene rings is 4. The molecule has 166 valence electrons. The molecule has 0 saturated carbocycles. The van der Waals surface area contributed by atoms with Crippen LogP contribution < -0.4 is 0 Å². The molecule has 0 aliphatic carbocycles. The predicted octanol–water partition coefficient (Wildman–Crippen LogP) is 6.27. The number of carbonyl (C=O) groups is 2. The number of hydrogen-bond acceptors (Lipinski definition) is 5. The summed E-state index contributed by atoms with van der Waals surface area (Å²) in [6.45, 7) is 2.31. The van der Waals surface area contributed by atoms with Crippen LogP contribution in [0.3, 0.4) is 0 Å². The number of esters is 2. The highest BCUT2D eigenvalue weighted by atomic mass is 32.2. The van der Waals surface area contributed by atoms with E-state index in [0.717, 1.165) is 28.0 Å². The van der Waals surface area contributed by atoms with Gasteiger partial charge in [0.15, 0.2) is 0 Å². The Morgan fingerprint density at radius 3 is 1.94 bits per heavy atom. The van der Waals surface area contributed by atoms with Crippen LogP contribution in [0.25, 0.3) is 21.5 Å². The van der Waals surface area contributed by atoms with Gasteiger partial charge in [0.25, 0.3) is 0 Å². The van der Waals surface area contributed by atoms with Crippen LogP contribution in [0.4, 0.5) is 0 Å². The highest BCUT2D eigenvalue weighted by Gasteiger charge is 2.36. The van der Waals surface area contributed by atoms with E-state index < -0.39 is 0 Å². The average Bonchev–Trinajstić information content (AvgIpc) is 3.20. The van der Waals surface area contributed by atoms with Crippen molar-refractivity contribution in [1.29, 1.82) is 0 Å². The third kappa shape index (κ3) is 4.74. The van der Waals surface area contributed by atoms with E-state index in [2.05, 4.69) is 6.92 Å². The van der Waals surface area contributed by atoms with Gasteiger partial charge in [-0.15, -0.1) is 11.8 Å². The molecule has 2 unspecified atom stereocenters. The average molecular weight is 457 g/mol. The quantitative estimate of drug-likeness (QED) is 0.331. The molecule has 1 saturated heterocycles. The van der Waals surface area contributed by atoms with Gasteiger partial charge in [-0.2, -0.15) is 0 Å². The Kier molecular flexibility index (Phi) is 6.05. The maximum absolute atomic E-state index is 12.8. The topological polar surface area (TPSA) is 52.6 Å².